The topological polar surface area (TPSA) is 72.6 Å². The molecule has 0 unspecified atom stereocenters. The summed E-state index contributed by atoms with van der Waals surface area (Å²) >= 11 is 0. The Morgan fingerprint density at radius 2 is 1.83 bits per heavy atom. The van der Waals surface area contributed by atoms with Gasteiger partial charge in [-0.1, -0.05) is 0 Å². The van der Waals surface area contributed by atoms with Gasteiger partial charge in [-0.3, -0.25) is 9.78 Å². The molecular formula is C26H25F2N5O2. The smallest absolute Gasteiger partial charge is 0.262 e. The molecule has 0 amide bonds. The van der Waals surface area contributed by atoms with Gasteiger partial charge in [-0.25, -0.2) is 23.1 Å². The molecule has 0 aliphatic carbocycles. The predicted octanol–water partition coefficient (Wildman–Crippen LogP) is 4.32. The molecule has 0 spiro atoms. The summed E-state index contributed by atoms with van der Waals surface area (Å²) < 4.78 is 36.0. The van der Waals surface area contributed by atoms with Crippen molar-refractivity contribution in [3.05, 3.63) is 87.1 Å². The standard InChI is InChI=1S/C26H25F2N5O2/c1-14-9-18(7-8-29-14)22-13-32(12-15(2)35-22)23-11-24-30-17(4)16(3)26(34)33(24)25(31-23)20-6-5-19(27)10-21(20)28/h5-11,15,22H,12-13H2,1-4H3/t15-,22-/m0/s1. The molecule has 0 saturated carbocycles. The molecular weight excluding hydrogens is 452 g/mol. The average molecular weight is 478 g/mol. The molecule has 1 aliphatic heterocycles. The van der Waals surface area contributed by atoms with Crippen molar-refractivity contribution in [3.63, 3.8) is 0 Å². The van der Waals surface area contributed by atoms with E-state index in [4.69, 9.17) is 9.72 Å². The van der Waals surface area contributed by atoms with Crippen molar-refractivity contribution in [2.24, 2.45) is 0 Å². The number of fused-ring (bicyclic) bond motifs is 1. The van der Waals surface area contributed by atoms with Crippen molar-refractivity contribution in [1.82, 2.24) is 19.4 Å². The largest absolute Gasteiger partial charge is 0.367 e. The molecule has 2 atom stereocenters. The quantitative estimate of drug-likeness (QED) is 0.438. The van der Waals surface area contributed by atoms with E-state index in [1.807, 2.05) is 30.9 Å². The Balaban J connectivity index is 1.68. The minimum atomic E-state index is -0.804. The number of rotatable bonds is 3. The highest BCUT2D eigenvalue weighted by molar-refractivity contribution is 5.65. The number of aryl methyl sites for hydroxylation is 2. The number of aromatic nitrogens is 4. The Morgan fingerprint density at radius 3 is 2.57 bits per heavy atom. The minimum absolute atomic E-state index is 0.0213. The number of hydrogen-bond acceptors (Lipinski definition) is 6. The van der Waals surface area contributed by atoms with Crippen LogP contribution in [0.15, 0.2) is 47.4 Å². The molecule has 7 nitrogen and oxygen atoms in total. The highest BCUT2D eigenvalue weighted by atomic mass is 19.1. The van der Waals surface area contributed by atoms with Gasteiger partial charge < -0.3 is 9.64 Å². The molecule has 4 heterocycles. The van der Waals surface area contributed by atoms with Crippen LogP contribution in [0.4, 0.5) is 14.6 Å². The number of morpholine rings is 1. The highest BCUT2D eigenvalue weighted by Crippen LogP contribution is 2.31. The highest BCUT2D eigenvalue weighted by Gasteiger charge is 2.29. The third-order valence-corrected chi connectivity index (χ3v) is 6.32. The Morgan fingerprint density at radius 1 is 1.03 bits per heavy atom. The Labute approximate surface area is 201 Å². The molecule has 0 N–H and O–H groups in total. The lowest BCUT2D eigenvalue weighted by Gasteiger charge is -2.38. The van der Waals surface area contributed by atoms with E-state index in [1.54, 1.807) is 26.1 Å². The predicted molar refractivity (Wildman–Crippen MR) is 129 cm³/mol. The van der Waals surface area contributed by atoms with Crippen LogP contribution in [0.25, 0.3) is 17.0 Å². The Bertz CT molecular complexity index is 1500. The van der Waals surface area contributed by atoms with E-state index in [-0.39, 0.29) is 29.2 Å². The van der Waals surface area contributed by atoms with Gasteiger partial charge in [-0.2, -0.15) is 0 Å². The second-order valence-electron chi connectivity index (χ2n) is 8.95. The van der Waals surface area contributed by atoms with Gasteiger partial charge in [0.15, 0.2) is 5.82 Å². The van der Waals surface area contributed by atoms with Gasteiger partial charge in [-0.15, -0.1) is 0 Å². The Kier molecular flexibility index (Phi) is 5.80. The number of anilines is 1. The lowest BCUT2D eigenvalue weighted by atomic mass is 10.1. The third-order valence-electron chi connectivity index (χ3n) is 6.32. The molecule has 35 heavy (non-hydrogen) atoms. The molecule has 0 radical (unpaired) electrons. The summed E-state index contributed by atoms with van der Waals surface area (Å²) in [6.45, 7) is 8.37. The van der Waals surface area contributed by atoms with Crippen LogP contribution >= 0.6 is 0 Å². The van der Waals surface area contributed by atoms with Crippen LogP contribution in [-0.4, -0.2) is 38.5 Å². The fraction of sp³-hybridized carbons (Fsp3) is 0.308. The van der Waals surface area contributed by atoms with Crippen molar-refractivity contribution in [2.75, 3.05) is 18.0 Å². The maximum atomic E-state index is 14.9. The van der Waals surface area contributed by atoms with Crippen LogP contribution in [0, 0.1) is 32.4 Å². The summed E-state index contributed by atoms with van der Waals surface area (Å²) in [6, 6.07) is 8.87. The van der Waals surface area contributed by atoms with E-state index in [0.717, 1.165) is 23.4 Å². The second kappa shape index (κ2) is 8.81. The summed E-state index contributed by atoms with van der Waals surface area (Å²) in [5.41, 5.74) is 2.94. The first kappa shape index (κ1) is 23.0. The zero-order valence-corrected chi connectivity index (χ0v) is 19.9. The molecule has 9 heteroatoms. The van der Waals surface area contributed by atoms with E-state index >= 15 is 0 Å². The monoisotopic (exact) mass is 477 g/mol. The lowest BCUT2D eigenvalue weighted by molar-refractivity contribution is -0.0176. The van der Waals surface area contributed by atoms with Crippen molar-refractivity contribution >= 4 is 11.5 Å². The van der Waals surface area contributed by atoms with Gasteiger partial charge in [0.05, 0.1) is 11.7 Å². The first-order valence-electron chi connectivity index (χ1n) is 11.4. The van der Waals surface area contributed by atoms with Crippen LogP contribution in [-0.2, 0) is 4.74 Å². The van der Waals surface area contributed by atoms with Crippen LogP contribution in [0.1, 0.15) is 35.5 Å². The van der Waals surface area contributed by atoms with Crippen molar-refractivity contribution < 1.29 is 13.5 Å². The second-order valence-corrected chi connectivity index (χ2v) is 8.95. The van der Waals surface area contributed by atoms with E-state index < -0.39 is 11.6 Å². The van der Waals surface area contributed by atoms with Gasteiger partial charge in [0.1, 0.15) is 29.2 Å². The summed E-state index contributed by atoms with van der Waals surface area (Å²) in [7, 11) is 0. The van der Waals surface area contributed by atoms with Crippen LogP contribution in [0.3, 0.4) is 0 Å². The molecule has 1 fully saturated rings. The fourth-order valence-corrected chi connectivity index (χ4v) is 4.44. The van der Waals surface area contributed by atoms with E-state index in [9.17, 15) is 13.6 Å². The molecule has 180 valence electrons. The SMILES string of the molecule is Cc1cc([C@@H]2CN(c3cc4nc(C)c(C)c(=O)n4c(-c4ccc(F)cc4F)n3)C[C@H](C)O2)ccn1. The van der Waals surface area contributed by atoms with Gasteiger partial charge in [0.2, 0.25) is 0 Å². The van der Waals surface area contributed by atoms with Crippen molar-refractivity contribution in [3.8, 4) is 11.4 Å². The number of halogens is 2. The summed E-state index contributed by atoms with van der Waals surface area (Å²) in [6.07, 6.45) is 1.42. The average Bonchev–Trinajstić information content (AvgIpc) is 2.81. The van der Waals surface area contributed by atoms with Gasteiger partial charge in [0, 0.05) is 48.4 Å². The molecule has 4 aromatic rings. The molecule has 0 bridgehead atoms. The zero-order chi connectivity index (χ0) is 24.9. The minimum Gasteiger partial charge on any atom is -0.367 e. The summed E-state index contributed by atoms with van der Waals surface area (Å²) in [4.78, 5) is 28.8. The number of hydrogen-bond donors (Lipinski definition) is 0. The van der Waals surface area contributed by atoms with E-state index in [2.05, 4.69) is 9.97 Å². The molecule has 1 aliphatic rings. The van der Waals surface area contributed by atoms with Gasteiger partial charge >= 0.3 is 0 Å². The first-order chi connectivity index (χ1) is 16.7. The van der Waals surface area contributed by atoms with Crippen LogP contribution in [0.5, 0.6) is 0 Å². The lowest BCUT2D eigenvalue weighted by Crippen LogP contribution is -2.43. The zero-order valence-electron chi connectivity index (χ0n) is 19.9. The maximum Gasteiger partial charge on any atom is 0.262 e. The fourth-order valence-electron chi connectivity index (χ4n) is 4.44. The number of nitrogens with zero attached hydrogens (tertiary/aromatic N) is 5. The molecule has 5 rings (SSSR count). The molecule has 1 saturated heterocycles. The van der Waals surface area contributed by atoms with Crippen LogP contribution in [0.2, 0.25) is 0 Å². The van der Waals surface area contributed by atoms with Gasteiger partial charge in [0.25, 0.3) is 5.56 Å². The van der Waals surface area contributed by atoms with Crippen molar-refractivity contribution in [2.45, 2.75) is 39.9 Å². The van der Waals surface area contributed by atoms with Gasteiger partial charge in [-0.05, 0) is 57.5 Å². The number of ether oxygens (including phenoxy) is 1. The third kappa shape index (κ3) is 4.27. The van der Waals surface area contributed by atoms with Crippen molar-refractivity contribution in [1.29, 1.82) is 0 Å². The van der Waals surface area contributed by atoms with E-state index in [1.165, 1.54) is 10.5 Å². The van der Waals surface area contributed by atoms with E-state index in [0.29, 0.717) is 35.8 Å². The summed E-state index contributed by atoms with van der Waals surface area (Å²) in [5.74, 6) is -0.904. The first-order valence-corrected chi connectivity index (χ1v) is 11.4. The number of pyridine rings is 1. The molecule has 3 aromatic heterocycles. The maximum absolute atomic E-state index is 14.9. The Hall–Kier alpha value is -3.72. The molecule has 1 aromatic carbocycles. The van der Waals surface area contributed by atoms with Crippen LogP contribution < -0.4 is 10.5 Å². The normalized spacial score (nSPS) is 18.3. The summed E-state index contributed by atoms with van der Waals surface area (Å²) in [5, 5.41) is 0. The number of benzene rings is 1.